The quantitative estimate of drug-likeness (QED) is 0.777. The summed E-state index contributed by atoms with van der Waals surface area (Å²) in [6.07, 6.45) is 3.90. The van der Waals surface area contributed by atoms with Crippen molar-refractivity contribution in [2.75, 3.05) is 0 Å². The second kappa shape index (κ2) is 4.53. The minimum absolute atomic E-state index is 0.155. The van der Waals surface area contributed by atoms with Crippen molar-refractivity contribution in [2.45, 2.75) is 6.42 Å². The summed E-state index contributed by atoms with van der Waals surface area (Å²) in [5.74, 6) is -0.510. The third-order valence-corrected chi connectivity index (χ3v) is 2.80. The van der Waals surface area contributed by atoms with Gasteiger partial charge in [0, 0.05) is 18.8 Å². The number of benzene rings is 1. The molecule has 0 aliphatic heterocycles. The molecule has 3 aromatic rings. The Labute approximate surface area is 108 Å². The summed E-state index contributed by atoms with van der Waals surface area (Å²) in [6, 6.07) is 8.61. The Hall–Kier alpha value is -2.69. The van der Waals surface area contributed by atoms with Gasteiger partial charge in [-0.3, -0.25) is 4.98 Å². The molecule has 1 aromatic carbocycles. The predicted molar refractivity (Wildman–Crippen MR) is 68.0 cm³/mol. The number of fused-ring (bicyclic) bond motifs is 1. The SMILES string of the molecule is O=C(O)c1cccc2oc(Cc3ccncc3)nc12. The van der Waals surface area contributed by atoms with Crippen molar-refractivity contribution >= 4 is 17.1 Å². The third kappa shape index (κ3) is 2.18. The molecule has 2 aromatic heterocycles. The highest BCUT2D eigenvalue weighted by Gasteiger charge is 2.14. The summed E-state index contributed by atoms with van der Waals surface area (Å²) in [7, 11) is 0. The van der Waals surface area contributed by atoms with Crippen molar-refractivity contribution in [1.29, 1.82) is 0 Å². The zero-order valence-corrected chi connectivity index (χ0v) is 9.91. The molecule has 3 rings (SSSR count). The Balaban J connectivity index is 2.03. The van der Waals surface area contributed by atoms with Gasteiger partial charge in [-0.05, 0) is 29.8 Å². The van der Waals surface area contributed by atoms with Crippen LogP contribution in [-0.2, 0) is 6.42 Å². The highest BCUT2D eigenvalue weighted by atomic mass is 16.4. The molecule has 0 saturated carbocycles. The third-order valence-electron chi connectivity index (χ3n) is 2.80. The summed E-state index contributed by atoms with van der Waals surface area (Å²) in [5.41, 5.74) is 2.05. The lowest BCUT2D eigenvalue weighted by Gasteiger charge is -1.94. The van der Waals surface area contributed by atoms with Gasteiger partial charge < -0.3 is 9.52 Å². The molecular weight excluding hydrogens is 244 g/mol. The average Bonchev–Trinajstić information content (AvgIpc) is 2.81. The first kappa shape index (κ1) is 11.4. The van der Waals surface area contributed by atoms with Gasteiger partial charge >= 0.3 is 5.97 Å². The van der Waals surface area contributed by atoms with E-state index >= 15 is 0 Å². The molecule has 19 heavy (non-hydrogen) atoms. The zero-order chi connectivity index (χ0) is 13.2. The molecule has 2 heterocycles. The molecule has 1 N–H and O–H groups in total. The van der Waals surface area contributed by atoms with Gasteiger partial charge in [-0.2, -0.15) is 0 Å². The van der Waals surface area contributed by atoms with E-state index in [0.717, 1.165) is 5.56 Å². The number of carboxylic acids is 1. The summed E-state index contributed by atoms with van der Waals surface area (Å²) in [4.78, 5) is 19.3. The Kier molecular flexibility index (Phi) is 2.72. The average molecular weight is 254 g/mol. The standard InChI is InChI=1S/C14H10N2O3/c17-14(18)10-2-1-3-11-13(10)16-12(19-11)8-9-4-6-15-7-5-9/h1-7H,8H2,(H,17,18). The molecular formula is C14H10N2O3. The molecule has 0 saturated heterocycles. The molecule has 0 aliphatic rings. The van der Waals surface area contributed by atoms with Gasteiger partial charge in [-0.15, -0.1) is 0 Å². The molecule has 0 aliphatic carbocycles. The molecule has 0 bridgehead atoms. The topological polar surface area (TPSA) is 76.2 Å². The van der Waals surface area contributed by atoms with E-state index in [2.05, 4.69) is 9.97 Å². The Bertz CT molecular complexity index is 735. The second-order valence-electron chi connectivity index (χ2n) is 4.10. The highest BCUT2D eigenvalue weighted by Crippen LogP contribution is 2.21. The van der Waals surface area contributed by atoms with E-state index in [0.29, 0.717) is 23.4 Å². The number of aromatic carboxylic acids is 1. The summed E-state index contributed by atoms with van der Waals surface area (Å²) >= 11 is 0. The first-order valence-electron chi connectivity index (χ1n) is 5.74. The monoisotopic (exact) mass is 254 g/mol. The fraction of sp³-hybridized carbons (Fsp3) is 0.0714. The van der Waals surface area contributed by atoms with Crippen LogP contribution in [0.3, 0.4) is 0 Å². The number of nitrogens with zero attached hydrogens (tertiary/aromatic N) is 2. The number of carbonyl (C=O) groups is 1. The number of rotatable bonds is 3. The molecule has 0 unspecified atom stereocenters. The number of pyridine rings is 1. The normalized spacial score (nSPS) is 10.7. The van der Waals surface area contributed by atoms with Crippen molar-refractivity contribution in [2.24, 2.45) is 0 Å². The summed E-state index contributed by atoms with van der Waals surface area (Å²) in [6.45, 7) is 0. The van der Waals surface area contributed by atoms with Crippen molar-refractivity contribution in [3.63, 3.8) is 0 Å². The van der Waals surface area contributed by atoms with Crippen molar-refractivity contribution < 1.29 is 14.3 Å². The highest BCUT2D eigenvalue weighted by molar-refractivity contribution is 6.00. The van der Waals surface area contributed by atoms with Crippen LogP contribution in [0.4, 0.5) is 0 Å². The van der Waals surface area contributed by atoms with E-state index in [-0.39, 0.29) is 5.56 Å². The fourth-order valence-corrected chi connectivity index (χ4v) is 1.92. The zero-order valence-electron chi connectivity index (χ0n) is 9.91. The van der Waals surface area contributed by atoms with Crippen LogP contribution in [0, 0.1) is 0 Å². The molecule has 0 radical (unpaired) electrons. The van der Waals surface area contributed by atoms with Crippen LogP contribution in [0.5, 0.6) is 0 Å². The van der Waals surface area contributed by atoms with E-state index < -0.39 is 5.97 Å². The molecule has 0 spiro atoms. The molecule has 5 heteroatoms. The molecule has 0 fully saturated rings. The minimum atomic E-state index is -1.01. The maximum atomic E-state index is 11.1. The lowest BCUT2D eigenvalue weighted by Crippen LogP contribution is -1.97. The number of hydrogen-bond acceptors (Lipinski definition) is 4. The van der Waals surface area contributed by atoms with E-state index in [1.165, 1.54) is 6.07 Å². The molecule has 0 amide bonds. The molecule has 94 valence electrons. The second-order valence-corrected chi connectivity index (χ2v) is 4.10. The van der Waals surface area contributed by atoms with Crippen molar-refractivity contribution in [3.8, 4) is 0 Å². The van der Waals surface area contributed by atoms with Crippen LogP contribution < -0.4 is 0 Å². The van der Waals surface area contributed by atoms with Crippen molar-refractivity contribution in [1.82, 2.24) is 9.97 Å². The lowest BCUT2D eigenvalue weighted by atomic mass is 10.2. The maximum Gasteiger partial charge on any atom is 0.338 e. The smallest absolute Gasteiger partial charge is 0.338 e. The van der Waals surface area contributed by atoms with Gasteiger partial charge in [0.1, 0.15) is 5.52 Å². The van der Waals surface area contributed by atoms with Gasteiger partial charge in [-0.25, -0.2) is 9.78 Å². The van der Waals surface area contributed by atoms with Crippen molar-refractivity contribution in [3.05, 3.63) is 59.7 Å². The first-order chi connectivity index (χ1) is 9.24. The van der Waals surface area contributed by atoms with Gasteiger partial charge in [0.25, 0.3) is 0 Å². The van der Waals surface area contributed by atoms with E-state index in [1.54, 1.807) is 24.5 Å². The largest absolute Gasteiger partial charge is 0.478 e. The number of para-hydroxylation sites is 1. The fourth-order valence-electron chi connectivity index (χ4n) is 1.92. The van der Waals surface area contributed by atoms with Crippen LogP contribution in [0.25, 0.3) is 11.1 Å². The number of aromatic nitrogens is 2. The first-order valence-corrected chi connectivity index (χ1v) is 5.74. The lowest BCUT2D eigenvalue weighted by molar-refractivity contribution is 0.0699. The Morgan fingerprint density at radius 3 is 2.74 bits per heavy atom. The number of hydrogen-bond donors (Lipinski definition) is 1. The van der Waals surface area contributed by atoms with E-state index in [1.807, 2.05) is 12.1 Å². The maximum absolute atomic E-state index is 11.1. The van der Waals surface area contributed by atoms with Gasteiger partial charge in [0.15, 0.2) is 11.5 Å². The van der Waals surface area contributed by atoms with Gasteiger partial charge in [-0.1, -0.05) is 6.07 Å². The molecule has 5 nitrogen and oxygen atoms in total. The van der Waals surface area contributed by atoms with Gasteiger partial charge in [0.2, 0.25) is 0 Å². The number of carboxylic acid groups (broad SMARTS) is 1. The van der Waals surface area contributed by atoms with E-state index in [9.17, 15) is 4.79 Å². The summed E-state index contributed by atoms with van der Waals surface area (Å²) < 4.78 is 5.57. The summed E-state index contributed by atoms with van der Waals surface area (Å²) in [5, 5.41) is 9.09. The van der Waals surface area contributed by atoms with Crippen LogP contribution in [-0.4, -0.2) is 21.0 Å². The number of oxazole rings is 1. The minimum Gasteiger partial charge on any atom is -0.478 e. The van der Waals surface area contributed by atoms with Crippen LogP contribution >= 0.6 is 0 Å². The van der Waals surface area contributed by atoms with Crippen LogP contribution in [0.2, 0.25) is 0 Å². The van der Waals surface area contributed by atoms with Crippen LogP contribution in [0.1, 0.15) is 21.8 Å². The Morgan fingerprint density at radius 1 is 1.21 bits per heavy atom. The predicted octanol–water partition coefficient (Wildman–Crippen LogP) is 2.51. The van der Waals surface area contributed by atoms with E-state index in [4.69, 9.17) is 9.52 Å². The molecule has 0 atom stereocenters. The van der Waals surface area contributed by atoms with Gasteiger partial charge in [0.05, 0.1) is 5.56 Å². The Morgan fingerprint density at radius 2 is 2.00 bits per heavy atom. The van der Waals surface area contributed by atoms with Crippen LogP contribution in [0.15, 0.2) is 47.1 Å².